The predicted molar refractivity (Wildman–Crippen MR) is 45.5 cm³/mol. The first kappa shape index (κ1) is 9.74. The topological polar surface area (TPSA) is 40.1 Å². The van der Waals surface area contributed by atoms with E-state index in [1.807, 2.05) is 0 Å². The molecule has 0 aromatic heterocycles. The van der Waals surface area contributed by atoms with Crippen LogP contribution in [0.15, 0.2) is 24.3 Å². The molecule has 4 heteroatoms. The molecule has 0 amide bonds. The van der Waals surface area contributed by atoms with Gasteiger partial charge in [0, 0.05) is 10.6 Å². The minimum atomic E-state index is -1.37. The van der Waals surface area contributed by atoms with Crippen LogP contribution in [-0.4, -0.2) is 5.97 Å². The van der Waals surface area contributed by atoms with Gasteiger partial charge in [0.05, 0.1) is 5.97 Å². The molecule has 0 radical (unpaired) electrons. The number of carbonyl (C=O) groups excluding carboxylic acids is 1. The number of carboxylic acids is 1. The first-order chi connectivity index (χ1) is 6.09. The molecule has 0 bridgehead atoms. The number of carboxylic acid groups (broad SMARTS) is 1. The van der Waals surface area contributed by atoms with Crippen LogP contribution in [0.5, 0.6) is 0 Å². The monoisotopic (exact) mass is 199 g/mol. The molecule has 1 aromatic carbocycles. The molecule has 0 fully saturated rings. The summed E-state index contributed by atoms with van der Waals surface area (Å²) in [5.41, 5.74) is 0.161. The summed E-state index contributed by atoms with van der Waals surface area (Å²) in [5, 5.41) is 10.3. The summed E-state index contributed by atoms with van der Waals surface area (Å²) >= 11 is 5.49. The molecule has 13 heavy (non-hydrogen) atoms. The fourth-order valence-corrected chi connectivity index (χ4v) is 0.953. The van der Waals surface area contributed by atoms with Crippen molar-refractivity contribution in [2.24, 2.45) is 0 Å². The Kier molecular flexibility index (Phi) is 3.03. The van der Waals surface area contributed by atoms with E-state index in [2.05, 4.69) is 0 Å². The number of hydrogen-bond donors (Lipinski definition) is 0. The second-order valence-corrected chi connectivity index (χ2v) is 2.75. The highest BCUT2D eigenvalue weighted by Crippen LogP contribution is 2.15. The molecule has 1 aromatic rings. The number of aliphatic carboxylic acids is 1. The lowest BCUT2D eigenvalue weighted by atomic mass is 10.2. The van der Waals surface area contributed by atoms with Crippen LogP contribution in [-0.2, 0) is 4.79 Å². The van der Waals surface area contributed by atoms with Gasteiger partial charge < -0.3 is 9.90 Å². The van der Waals surface area contributed by atoms with Gasteiger partial charge in [-0.2, -0.15) is 0 Å². The third-order valence-electron chi connectivity index (χ3n) is 1.36. The lowest BCUT2D eigenvalue weighted by molar-refractivity contribution is -0.297. The normalized spacial score (nSPS) is 10.6. The molecule has 0 saturated heterocycles. The molecule has 0 N–H and O–H groups in total. The third-order valence-corrected chi connectivity index (χ3v) is 1.60. The summed E-state index contributed by atoms with van der Waals surface area (Å²) in [6.07, 6.45) is 1.87. The first-order valence-electron chi connectivity index (χ1n) is 3.43. The fourth-order valence-electron chi connectivity index (χ4n) is 0.794. The highest BCUT2D eigenvalue weighted by Gasteiger charge is 1.98. The van der Waals surface area contributed by atoms with Crippen LogP contribution in [0.1, 0.15) is 5.56 Å². The highest BCUT2D eigenvalue weighted by atomic mass is 35.5. The van der Waals surface area contributed by atoms with Gasteiger partial charge in [-0.15, -0.1) is 0 Å². The molecule has 0 unspecified atom stereocenters. The van der Waals surface area contributed by atoms with E-state index in [9.17, 15) is 14.3 Å². The number of hydrogen-bond acceptors (Lipinski definition) is 2. The van der Waals surface area contributed by atoms with Crippen molar-refractivity contribution in [1.29, 1.82) is 0 Å². The van der Waals surface area contributed by atoms with E-state index >= 15 is 0 Å². The molecule has 0 aliphatic rings. The van der Waals surface area contributed by atoms with Crippen molar-refractivity contribution in [3.63, 3.8) is 0 Å². The second-order valence-electron chi connectivity index (χ2n) is 2.32. The fraction of sp³-hybridized carbons (Fsp3) is 0. The second kappa shape index (κ2) is 4.05. The van der Waals surface area contributed by atoms with Crippen LogP contribution >= 0.6 is 11.6 Å². The van der Waals surface area contributed by atoms with Gasteiger partial charge in [0.2, 0.25) is 0 Å². The Bertz CT molecular complexity index is 361. The van der Waals surface area contributed by atoms with Gasteiger partial charge in [-0.05, 0) is 18.2 Å². The molecule has 2 nitrogen and oxygen atoms in total. The van der Waals surface area contributed by atoms with Crippen LogP contribution in [0.25, 0.3) is 6.08 Å². The number of rotatable bonds is 2. The van der Waals surface area contributed by atoms with Crippen molar-refractivity contribution in [2.75, 3.05) is 0 Å². The van der Waals surface area contributed by atoms with Gasteiger partial charge in [-0.25, -0.2) is 4.39 Å². The van der Waals surface area contributed by atoms with Gasteiger partial charge >= 0.3 is 0 Å². The van der Waals surface area contributed by atoms with Crippen LogP contribution in [0.3, 0.4) is 0 Å². The maximum atomic E-state index is 13.0. The van der Waals surface area contributed by atoms with Crippen LogP contribution in [0.2, 0.25) is 5.02 Å². The van der Waals surface area contributed by atoms with Crippen molar-refractivity contribution >= 4 is 23.6 Å². The Morgan fingerprint density at radius 2 is 2.23 bits per heavy atom. The molecule has 0 spiro atoms. The Balaban J connectivity index is 2.96. The molecular weight excluding hydrogens is 195 g/mol. The van der Waals surface area contributed by atoms with Gasteiger partial charge in [-0.1, -0.05) is 23.7 Å². The summed E-state index contributed by atoms with van der Waals surface area (Å²) in [4.78, 5) is 10.0. The average molecular weight is 200 g/mol. The summed E-state index contributed by atoms with van der Waals surface area (Å²) in [5.74, 6) is -1.93. The molecule has 0 aliphatic carbocycles. The smallest absolute Gasteiger partial charge is 0.131 e. The van der Waals surface area contributed by atoms with Crippen LogP contribution in [0, 0.1) is 5.82 Å². The van der Waals surface area contributed by atoms with Crippen molar-refractivity contribution in [3.05, 3.63) is 40.7 Å². The van der Waals surface area contributed by atoms with E-state index in [-0.39, 0.29) is 10.6 Å². The molecule has 0 heterocycles. The average Bonchev–Trinajstić information content (AvgIpc) is 2.02. The Labute approximate surface area is 79.3 Å². The minimum Gasteiger partial charge on any atom is -0.545 e. The molecule has 0 aliphatic heterocycles. The van der Waals surface area contributed by atoms with Crippen LogP contribution in [0.4, 0.5) is 4.39 Å². The molecule has 0 atom stereocenters. The van der Waals surface area contributed by atoms with E-state index in [1.54, 1.807) is 0 Å². The highest BCUT2D eigenvalue weighted by molar-refractivity contribution is 6.30. The third kappa shape index (κ3) is 2.87. The summed E-state index contributed by atoms with van der Waals surface area (Å²) < 4.78 is 13.0. The van der Waals surface area contributed by atoms with E-state index < -0.39 is 11.8 Å². The van der Waals surface area contributed by atoms with E-state index in [0.717, 1.165) is 18.2 Å². The minimum absolute atomic E-state index is 0.161. The lowest BCUT2D eigenvalue weighted by Crippen LogP contribution is -2.18. The summed E-state index contributed by atoms with van der Waals surface area (Å²) in [6.45, 7) is 0. The first-order valence-corrected chi connectivity index (χ1v) is 3.81. The van der Waals surface area contributed by atoms with Crippen molar-refractivity contribution in [3.8, 4) is 0 Å². The predicted octanol–water partition coefficient (Wildman–Crippen LogP) is 1.24. The van der Waals surface area contributed by atoms with Crippen molar-refractivity contribution < 1.29 is 14.3 Å². The number of carbonyl (C=O) groups is 1. The van der Waals surface area contributed by atoms with Gasteiger partial charge in [0.25, 0.3) is 0 Å². The van der Waals surface area contributed by atoms with E-state index in [0.29, 0.717) is 0 Å². The number of halogens is 2. The SMILES string of the molecule is O=C([O-])/C=C/c1ccc(Cl)cc1F. The lowest BCUT2D eigenvalue weighted by Gasteiger charge is -1.97. The van der Waals surface area contributed by atoms with Gasteiger partial charge in [-0.3, -0.25) is 0 Å². The zero-order chi connectivity index (χ0) is 9.84. The quantitative estimate of drug-likeness (QED) is 0.673. The van der Waals surface area contributed by atoms with Crippen molar-refractivity contribution in [1.82, 2.24) is 0 Å². The van der Waals surface area contributed by atoms with Crippen LogP contribution < -0.4 is 5.11 Å². The molecule has 68 valence electrons. The standard InChI is InChI=1S/C9H6ClFO2/c10-7-3-1-6(8(11)5-7)2-4-9(12)13/h1-5H,(H,12,13)/p-1/b4-2+. The maximum absolute atomic E-state index is 13.0. The zero-order valence-corrected chi connectivity index (χ0v) is 7.22. The van der Waals surface area contributed by atoms with Gasteiger partial charge in [0.15, 0.2) is 0 Å². The summed E-state index contributed by atoms with van der Waals surface area (Å²) in [6, 6.07) is 3.97. The molecular formula is C9H5ClFO2-. The zero-order valence-electron chi connectivity index (χ0n) is 6.46. The Morgan fingerprint density at radius 3 is 2.77 bits per heavy atom. The summed E-state index contributed by atoms with van der Waals surface area (Å²) in [7, 11) is 0. The van der Waals surface area contributed by atoms with Gasteiger partial charge in [0.1, 0.15) is 5.82 Å². The number of benzene rings is 1. The van der Waals surface area contributed by atoms with E-state index in [4.69, 9.17) is 11.6 Å². The maximum Gasteiger partial charge on any atom is 0.131 e. The largest absolute Gasteiger partial charge is 0.545 e. The van der Waals surface area contributed by atoms with E-state index in [1.165, 1.54) is 12.1 Å². The Hall–Kier alpha value is -1.35. The Morgan fingerprint density at radius 1 is 1.54 bits per heavy atom. The molecule has 0 saturated carbocycles. The molecule has 1 rings (SSSR count). The van der Waals surface area contributed by atoms with Crippen molar-refractivity contribution in [2.45, 2.75) is 0 Å².